The van der Waals surface area contributed by atoms with Crippen molar-refractivity contribution in [2.45, 2.75) is 51.0 Å². The molecule has 2 N–H and O–H groups in total. The molecule has 0 amide bonds. The average molecular weight is 484 g/mol. The third kappa shape index (κ3) is 6.81. The molecule has 1 aromatic heterocycles. The minimum absolute atomic E-state index is 0.0733. The van der Waals surface area contributed by atoms with E-state index in [2.05, 4.69) is 21.4 Å². The fourth-order valence-corrected chi connectivity index (χ4v) is 4.44. The van der Waals surface area contributed by atoms with E-state index in [1.165, 1.54) is 24.3 Å². The molecule has 8 heteroatoms. The molecule has 2 aromatic carbocycles. The van der Waals surface area contributed by atoms with Crippen molar-refractivity contribution in [2.24, 2.45) is 0 Å². The summed E-state index contributed by atoms with van der Waals surface area (Å²) in [4.78, 5) is 6.45. The van der Waals surface area contributed by atoms with Crippen LogP contribution in [0.5, 0.6) is 11.5 Å². The maximum absolute atomic E-state index is 13.1. The molecule has 0 radical (unpaired) electrons. The minimum atomic E-state index is -1.41. The Labute approximate surface area is 205 Å². The number of piperidine rings is 1. The van der Waals surface area contributed by atoms with E-state index >= 15 is 0 Å². The molecule has 0 aliphatic carbocycles. The van der Waals surface area contributed by atoms with E-state index in [-0.39, 0.29) is 19.0 Å². The van der Waals surface area contributed by atoms with Gasteiger partial charge in [-0.3, -0.25) is 4.90 Å². The van der Waals surface area contributed by atoms with Gasteiger partial charge in [-0.1, -0.05) is 19.1 Å². The largest absolute Gasteiger partial charge is 0.494 e. The first kappa shape index (κ1) is 25.2. The number of halogens is 1. The van der Waals surface area contributed by atoms with Crippen LogP contribution < -0.4 is 9.47 Å². The van der Waals surface area contributed by atoms with Gasteiger partial charge in [0.05, 0.1) is 12.7 Å². The predicted molar refractivity (Wildman–Crippen MR) is 131 cm³/mol. The summed E-state index contributed by atoms with van der Waals surface area (Å²) in [5, 5.41) is 21.6. The van der Waals surface area contributed by atoms with Crippen molar-refractivity contribution >= 4 is 0 Å². The maximum Gasteiger partial charge on any atom is 0.137 e. The zero-order valence-corrected chi connectivity index (χ0v) is 20.1. The van der Waals surface area contributed by atoms with Gasteiger partial charge in [-0.2, -0.15) is 0 Å². The number of imidazole rings is 1. The van der Waals surface area contributed by atoms with Crippen molar-refractivity contribution < 1.29 is 24.1 Å². The quantitative estimate of drug-likeness (QED) is 0.407. The highest BCUT2D eigenvalue weighted by molar-refractivity contribution is 5.28. The van der Waals surface area contributed by atoms with Crippen molar-refractivity contribution in [3.63, 3.8) is 0 Å². The Kier molecular flexibility index (Phi) is 8.38. The van der Waals surface area contributed by atoms with Crippen LogP contribution in [0.4, 0.5) is 4.39 Å². The molecule has 0 spiro atoms. The first-order valence-electron chi connectivity index (χ1n) is 12.2. The molecule has 1 saturated heterocycles. The van der Waals surface area contributed by atoms with E-state index in [0.29, 0.717) is 31.9 Å². The summed E-state index contributed by atoms with van der Waals surface area (Å²) in [5.74, 6) is 2.00. The number of aromatic nitrogens is 2. The summed E-state index contributed by atoms with van der Waals surface area (Å²) in [7, 11) is 0. The first-order chi connectivity index (χ1) is 16.9. The Hall–Kier alpha value is -2.94. The number of ether oxygens (including phenoxy) is 2. The molecule has 2 heterocycles. The number of nitrogens with zero attached hydrogens (tertiary/aromatic N) is 3. The summed E-state index contributed by atoms with van der Waals surface area (Å²) in [6.45, 7) is 5.07. The third-order valence-electron chi connectivity index (χ3n) is 6.37. The second-order valence-electron chi connectivity index (χ2n) is 9.10. The maximum atomic E-state index is 13.1. The van der Waals surface area contributed by atoms with E-state index < -0.39 is 11.7 Å². The highest BCUT2D eigenvalue weighted by Gasteiger charge is 2.42. The van der Waals surface area contributed by atoms with Crippen LogP contribution >= 0.6 is 0 Å². The second-order valence-corrected chi connectivity index (χ2v) is 9.10. The van der Waals surface area contributed by atoms with Crippen molar-refractivity contribution in [3.05, 3.63) is 78.1 Å². The lowest BCUT2D eigenvalue weighted by Crippen LogP contribution is -2.59. The number of β-amino-alcohol motifs (C(OH)–C–C–N with tert-alkyl or cyclic N) is 1. The lowest BCUT2D eigenvalue weighted by Gasteiger charge is -2.42. The van der Waals surface area contributed by atoms with Crippen LogP contribution in [0.1, 0.15) is 31.2 Å². The van der Waals surface area contributed by atoms with Gasteiger partial charge in [0.15, 0.2) is 0 Å². The summed E-state index contributed by atoms with van der Waals surface area (Å²) < 4.78 is 26.9. The van der Waals surface area contributed by atoms with Gasteiger partial charge in [0.25, 0.3) is 0 Å². The molecular formula is C27H34FN3O4. The van der Waals surface area contributed by atoms with E-state index in [4.69, 9.17) is 9.47 Å². The lowest BCUT2D eigenvalue weighted by atomic mass is 9.90. The summed E-state index contributed by atoms with van der Waals surface area (Å²) in [6.07, 6.45) is 5.18. The van der Waals surface area contributed by atoms with Gasteiger partial charge in [-0.05, 0) is 54.8 Å². The SMILES string of the molecule is CCc1nccn1CCCOc1cccc(CN2CC[C@H](O)[C@@](O)(COc3ccc(F)cc3)C2)c1. The highest BCUT2D eigenvalue weighted by atomic mass is 19.1. The van der Waals surface area contributed by atoms with Crippen LogP contribution in [-0.4, -0.2) is 62.7 Å². The third-order valence-corrected chi connectivity index (χ3v) is 6.37. The predicted octanol–water partition coefficient (Wildman–Crippen LogP) is 3.43. The molecule has 1 aliphatic heterocycles. The molecule has 0 saturated carbocycles. The normalized spacial score (nSPS) is 20.6. The average Bonchev–Trinajstić information content (AvgIpc) is 3.32. The number of likely N-dealkylation sites (tertiary alicyclic amines) is 1. The van der Waals surface area contributed by atoms with Gasteiger partial charge in [-0.25, -0.2) is 9.37 Å². The zero-order valence-electron chi connectivity index (χ0n) is 20.1. The van der Waals surface area contributed by atoms with Crippen molar-refractivity contribution in [1.29, 1.82) is 0 Å². The number of aliphatic hydroxyl groups excluding tert-OH is 1. The van der Waals surface area contributed by atoms with E-state index in [1.807, 2.05) is 36.7 Å². The Balaban J connectivity index is 1.28. The highest BCUT2D eigenvalue weighted by Crippen LogP contribution is 2.26. The molecule has 0 unspecified atom stereocenters. The Morgan fingerprint density at radius 1 is 1.14 bits per heavy atom. The molecule has 1 aliphatic rings. The molecule has 1 fully saturated rings. The Morgan fingerprint density at radius 3 is 2.77 bits per heavy atom. The van der Waals surface area contributed by atoms with Crippen LogP contribution in [0.3, 0.4) is 0 Å². The number of rotatable bonds is 11. The number of aliphatic hydroxyl groups is 2. The standard InChI is InChI=1S/C27H34FN3O4/c1-2-26-29-12-15-31(26)13-4-16-34-24-6-3-5-21(17-24)18-30-14-11-25(32)27(33,19-30)20-35-23-9-7-22(28)8-10-23/h3,5-10,12,15,17,25,32-33H,2,4,11,13-14,16,18-20H2,1H3/t25-,27-/m0/s1. The molecule has 0 bridgehead atoms. The summed E-state index contributed by atoms with van der Waals surface area (Å²) in [6, 6.07) is 13.6. The van der Waals surface area contributed by atoms with E-state index in [0.717, 1.165) is 36.5 Å². The molecular weight excluding hydrogens is 449 g/mol. The van der Waals surface area contributed by atoms with Gasteiger partial charge < -0.3 is 24.3 Å². The Morgan fingerprint density at radius 2 is 1.97 bits per heavy atom. The van der Waals surface area contributed by atoms with Crippen molar-refractivity contribution in [1.82, 2.24) is 14.5 Å². The first-order valence-corrected chi connectivity index (χ1v) is 12.2. The zero-order chi connectivity index (χ0) is 24.7. The molecule has 188 valence electrons. The second kappa shape index (κ2) is 11.7. The van der Waals surface area contributed by atoms with Gasteiger partial charge in [0, 0.05) is 45.0 Å². The molecule has 3 aromatic rings. The van der Waals surface area contributed by atoms with Crippen LogP contribution in [0.2, 0.25) is 0 Å². The number of hydrogen-bond donors (Lipinski definition) is 2. The van der Waals surface area contributed by atoms with Gasteiger partial charge in [0.1, 0.15) is 35.3 Å². The summed E-state index contributed by atoms with van der Waals surface area (Å²) in [5.41, 5.74) is -0.339. The molecule has 35 heavy (non-hydrogen) atoms. The molecule has 2 atom stereocenters. The van der Waals surface area contributed by atoms with Crippen LogP contribution in [0, 0.1) is 5.82 Å². The topological polar surface area (TPSA) is 80.0 Å². The van der Waals surface area contributed by atoms with E-state index in [1.54, 1.807) is 0 Å². The fourth-order valence-electron chi connectivity index (χ4n) is 4.44. The van der Waals surface area contributed by atoms with Crippen LogP contribution in [0.15, 0.2) is 60.9 Å². The van der Waals surface area contributed by atoms with Crippen molar-refractivity contribution in [2.75, 3.05) is 26.3 Å². The number of hydrogen-bond acceptors (Lipinski definition) is 6. The van der Waals surface area contributed by atoms with Gasteiger partial charge >= 0.3 is 0 Å². The Bertz CT molecular complexity index is 1070. The van der Waals surface area contributed by atoms with E-state index in [9.17, 15) is 14.6 Å². The summed E-state index contributed by atoms with van der Waals surface area (Å²) >= 11 is 0. The number of aryl methyl sites for hydroxylation is 2. The lowest BCUT2D eigenvalue weighted by molar-refractivity contribution is -0.140. The van der Waals surface area contributed by atoms with Crippen LogP contribution in [0.25, 0.3) is 0 Å². The smallest absolute Gasteiger partial charge is 0.137 e. The molecule has 7 nitrogen and oxygen atoms in total. The monoisotopic (exact) mass is 483 g/mol. The molecule has 4 rings (SSSR count). The number of benzene rings is 2. The van der Waals surface area contributed by atoms with Crippen LogP contribution in [-0.2, 0) is 19.5 Å². The van der Waals surface area contributed by atoms with Gasteiger partial charge in [0.2, 0.25) is 0 Å². The van der Waals surface area contributed by atoms with Gasteiger partial charge in [-0.15, -0.1) is 0 Å². The fraction of sp³-hybridized carbons (Fsp3) is 0.444. The minimum Gasteiger partial charge on any atom is -0.494 e. The van der Waals surface area contributed by atoms with Crippen molar-refractivity contribution in [3.8, 4) is 11.5 Å².